The summed E-state index contributed by atoms with van der Waals surface area (Å²) in [6.07, 6.45) is 0. The van der Waals surface area contributed by atoms with Crippen molar-refractivity contribution in [1.29, 1.82) is 0 Å². The first-order chi connectivity index (χ1) is 12.1. The quantitative estimate of drug-likeness (QED) is 0.885. The number of anilines is 1. The molecule has 1 N–H and O–H groups in total. The zero-order valence-electron chi connectivity index (χ0n) is 14.0. The Kier molecular flexibility index (Phi) is 4.45. The van der Waals surface area contributed by atoms with Gasteiger partial charge in [-0.05, 0) is 42.3 Å². The summed E-state index contributed by atoms with van der Waals surface area (Å²) in [5, 5.41) is 9.21. The van der Waals surface area contributed by atoms with E-state index in [1.165, 1.54) is 19.2 Å². The van der Waals surface area contributed by atoms with Crippen molar-refractivity contribution in [2.45, 2.75) is 19.5 Å². The molecule has 0 fully saturated rings. The van der Waals surface area contributed by atoms with E-state index in [0.29, 0.717) is 11.6 Å². The third-order valence-corrected chi connectivity index (χ3v) is 6.36. The highest BCUT2D eigenvalue weighted by atomic mass is 32.2. The highest BCUT2D eigenvalue weighted by molar-refractivity contribution is 7.90. The lowest BCUT2D eigenvalue weighted by Crippen LogP contribution is -2.47. The molecule has 0 saturated carbocycles. The molecule has 0 saturated heterocycles. The van der Waals surface area contributed by atoms with Crippen LogP contribution in [-0.2, 0) is 16.8 Å². The van der Waals surface area contributed by atoms with Crippen LogP contribution in [0.5, 0.6) is 0 Å². The highest BCUT2D eigenvalue weighted by Crippen LogP contribution is 2.40. The number of benzene rings is 2. The van der Waals surface area contributed by atoms with Gasteiger partial charge in [0.05, 0.1) is 23.8 Å². The summed E-state index contributed by atoms with van der Waals surface area (Å²) in [7, 11) is -2.61. The maximum Gasteiger partial charge on any atom is 0.335 e. The van der Waals surface area contributed by atoms with Gasteiger partial charge in [-0.1, -0.05) is 6.07 Å². The number of hydrogen-bond donors (Lipinski definition) is 1. The van der Waals surface area contributed by atoms with Crippen LogP contribution in [0.25, 0.3) is 0 Å². The molecule has 0 bridgehead atoms. The number of halogens is 2. The van der Waals surface area contributed by atoms with Crippen LogP contribution < -0.4 is 4.31 Å². The Morgan fingerprint density at radius 3 is 2.35 bits per heavy atom. The fourth-order valence-corrected chi connectivity index (χ4v) is 4.50. The molecule has 0 aromatic heterocycles. The van der Waals surface area contributed by atoms with E-state index in [1.54, 1.807) is 13.0 Å². The third-order valence-electron chi connectivity index (χ3n) is 4.43. The largest absolute Gasteiger partial charge is 0.478 e. The zero-order valence-corrected chi connectivity index (χ0v) is 14.8. The molecule has 3 rings (SSSR count). The number of fused-ring (bicyclic) bond motifs is 1. The van der Waals surface area contributed by atoms with Crippen LogP contribution in [0.2, 0.25) is 0 Å². The zero-order chi connectivity index (χ0) is 19.2. The fourth-order valence-electron chi connectivity index (χ4n) is 2.96. The summed E-state index contributed by atoms with van der Waals surface area (Å²) < 4.78 is 54.8. The molecule has 1 aliphatic heterocycles. The summed E-state index contributed by atoms with van der Waals surface area (Å²) in [4.78, 5) is 11.3. The van der Waals surface area contributed by atoms with Crippen LogP contribution in [0, 0.1) is 11.6 Å². The normalized spacial score (nSPS) is 19.2. The summed E-state index contributed by atoms with van der Waals surface area (Å²) >= 11 is 0. The minimum Gasteiger partial charge on any atom is -0.478 e. The molecular weight excluding hydrogens is 366 g/mol. The van der Waals surface area contributed by atoms with Gasteiger partial charge in [-0.3, -0.25) is 4.31 Å². The van der Waals surface area contributed by atoms with Crippen LogP contribution in [0.3, 0.4) is 0 Å². The van der Waals surface area contributed by atoms with Gasteiger partial charge in [0.2, 0.25) is 0 Å². The number of carboxylic acid groups (broad SMARTS) is 1. The second-order valence-corrected chi connectivity index (χ2v) is 7.98. The van der Waals surface area contributed by atoms with Gasteiger partial charge < -0.3 is 5.11 Å². The van der Waals surface area contributed by atoms with E-state index >= 15 is 0 Å². The summed E-state index contributed by atoms with van der Waals surface area (Å²) in [6.45, 7) is 1.35. The van der Waals surface area contributed by atoms with Gasteiger partial charge in [0, 0.05) is 13.1 Å². The van der Waals surface area contributed by atoms with Crippen molar-refractivity contribution in [1.82, 2.24) is 4.31 Å². The number of carboxylic acids is 1. The molecule has 9 heteroatoms. The average Bonchev–Trinajstić information content (AvgIpc) is 2.55. The van der Waals surface area contributed by atoms with Crippen molar-refractivity contribution in [2.24, 2.45) is 0 Å². The van der Waals surface area contributed by atoms with Crippen molar-refractivity contribution in [2.75, 3.05) is 11.4 Å². The van der Waals surface area contributed by atoms with E-state index in [0.717, 1.165) is 20.7 Å². The Labute approximate surface area is 149 Å². The van der Waals surface area contributed by atoms with Gasteiger partial charge >= 0.3 is 16.2 Å². The third kappa shape index (κ3) is 3.04. The molecule has 0 spiro atoms. The maximum atomic E-state index is 13.5. The molecule has 2 aromatic carbocycles. The standard InChI is InChI=1S/C17H16F2N2O4S/c1-10-15-4-3-12(17(22)23)7-16(15)21(26(24,25)20(10)2)9-11-5-13(18)8-14(19)6-11/h3-8,10H,9H2,1-2H3,(H,22,23). The minimum atomic E-state index is -4.00. The van der Waals surface area contributed by atoms with Gasteiger partial charge in [-0.15, -0.1) is 0 Å². The SMILES string of the molecule is CC1c2ccc(C(=O)O)cc2N(Cc2cc(F)cc(F)c2)S(=O)(=O)N1C. The lowest BCUT2D eigenvalue weighted by atomic mass is 10.0. The topological polar surface area (TPSA) is 77.9 Å². The molecule has 6 nitrogen and oxygen atoms in total. The van der Waals surface area contributed by atoms with Crippen LogP contribution in [-0.4, -0.2) is 30.8 Å². The van der Waals surface area contributed by atoms with E-state index < -0.39 is 33.9 Å². The van der Waals surface area contributed by atoms with Crippen LogP contribution >= 0.6 is 0 Å². The molecular formula is C17H16F2N2O4S. The first-order valence-electron chi connectivity index (χ1n) is 7.69. The molecule has 138 valence electrons. The minimum absolute atomic E-state index is 0.0777. The molecule has 0 aliphatic carbocycles. The lowest BCUT2D eigenvalue weighted by molar-refractivity contribution is 0.0697. The number of nitrogens with zero attached hydrogens (tertiary/aromatic N) is 2. The number of carbonyl (C=O) groups is 1. The van der Waals surface area contributed by atoms with Crippen molar-refractivity contribution in [3.8, 4) is 0 Å². The Balaban J connectivity index is 2.17. The number of aromatic carboxylic acids is 1. The molecule has 0 amide bonds. The Bertz CT molecular complexity index is 974. The van der Waals surface area contributed by atoms with Crippen molar-refractivity contribution in [3.63, 3.8) is 0 Å². The molecule has 0 radical (unpaired) electrons. The molecule has 1 heterocycles. The van der Waals surface area contributed by atoms with Crippen molar-refractivity contribution >= 4 is 21.9 Å². The van der Waals surface area contributed by atoms with Gasteiger partial charge in [0.1, 0.15) is 11.6 Å². The molecule has 1 atom stereocenters. The second-order valence-electron chi connectivity index (χ2n) is 6.06. The maximum absolute atomic E-state index is 13.5. The Hall–Kier alpha value is -2.52. The van der Waals surface area contributed by atoms with Gasteiger partial charge in [-0.2, -0.15) is 12.7 Å². The predicted molar refractivity (Wildman–Crippen MR) is 91.0 cm³/mol. The molecule has 1 unspecified atom stereocenters. The summed E-state index contributed by atoms with van der Waals surface area (Å²) in [5.41, 5.74) is 0.816. The average molecular weight is 382 g/mol. The van der Waals surface area contributed by atoms with E-state index in [-0.39, 0.29) is 23.4 Å². The Morgan fingerprint density at radius 1 is 1.15 bits per heavy atom. The monoisotopic (exact) mass is 382 g/mol. The van der Waals surface area contributed by atoms with E-state index in [9.17, 15) is 27.1 Å². The van der Waals surface area contributed by atoms with E-state index in [2.05, 4.69) is 0 Å². The highest BCUT2D eigenvalue weighted by Gasteiger charge is 2.39. The second kappa shape index (κ2) is 6.33. The number of hydrogen-bond acceptors (Lipinski definition) is 3. The lowest BCUT2D eigenvalue weighted by Gasteiger charge is -2.39. The summed E-state index contributed by atoms with van der Waals surface area (Å²) in [5.74, 6) is -2.85. The Morgan fingerprint density at radius 2 is 1.77 bits per heavy atom. The first-order valence-corrected chi connectivity index (χ1v) is 9.09. The van der Waals surface area contributed by atoms with E-state index in [4.69, 9.17) is 0 Å². The van der Waals surface area contributed by atoms with Gasteiger partial charge in [0.15, 0.2) is 0 Å². The smallest absolute Gasteiger partial charge is 0.335 e. The van der Waals surface area contributed by atoms with Crippen molar-refractivity contribution in [3.05, 3.63) is 64.7 Å². The van der Waals surface area contributed by atoms with Gasteiger partial charge in [0.25, 0.3) is 0 Å². The van der Waals surface area contributed by atoms with Crippen LogP contribution in [0.15, 0.2) is 36.4 Å². The fraction of sp³-hybridized carbons (Fsp3) is 0.235. The van der Waals surface area contributed by atoms with E-state index in [1.807, 2.05) is 0 Å². The van der Waals surface area contributed by atoms with Gasteiger partial charge in [-0.25, -0.2) is 13.6 Å². The first kappa shape index (κ1) is 18.3. The van der Waals surface area contributed by atoms with Crippen molar-refractivity contribution < 1.29 is 27.1 Å². The molecule has 1 aliphatic rings. The summed E-state index contributed by atoms with van der Waals surface area (Å²) in [6, 6.07) is 6.46. The number of rotatable bonds is 3. The predicted octanol–water partition coefficient (Wildman–Crippen LogP) is 2.92. The van der Waals surface area contributed by atoms with Crippen LogP contribution in [0.1, 0.15) is 34.5 Å². The molecule has 2 aromatic rings. The molecule has 26 heavy (non-hydrogen) atoms. The van der Waals surface area contributed by atoms with Crippen LogP contribution in [0.4, 0.5) is 14.5 Å².